The summed E-state index contributed by atoms with van der Waals surface area (Å²) in [7, 11) is 0. The molecule has 2 rings (SSSR count). The number of hydrogen-bond acceptors (Lipinski definition) is 1. The van der Waals surface area contributed by atoms with Crippen LogP contribution in [0.25, 0.3) is 0 Å². The molecule has 1 saturated heterocycles. The maximum absolute atomic E-state index is 13.1. The van der Waals surface area contributed by atoms with Gasteiger partial charge in [-0.25, -0.2) is 4.39 Å². The van der Waals surface area contributed by atoms with Crippen LogP contribution < -0.4 is 5.32 Å². The van der Waals surface area contributed by atoms with Gasteiger partial charge in [-0.2, -0.15) is 0 Å². The van der Waals surface area contributed by atoms with Gasteiger partial charge < -0.3 is 5.32 Å². The average Bonchev–Trinajstić information content (AvgIpc) is 2.72. The van der Waals surface area contributed by atoms with Crippen LogP contribution in [-0.4, -0.2) is 13.1 Å². The van der Waals surface area contributed by atoms with Crippen LogP contribution in [-0.2, 0) is 0 Å². The van der Waals surface area contributed by atoms with Crippen LogP contribution >= 0.6 is 0 Å². The van der Waals surface area contributed by atoms with Crippen molar-refractivity contribution in [2.24, 2.45) is 5.92 Å². The van der Waals surface area contributed by atoms with Gasteiger partial charge in [0.2, 0.25) is 0 Å². The third-order valence-corrected chi connectivity index (χ3v) is 3.38. The van der Waals surface area contributed by atoms with Crippen LogP contribution in [0.5, 0.6) is 0 Å². The number of nitrogens with one attached hydrogen (secondary N) is 1. The summed E-state index contributed by atoms with van der Waals surface area (Å²) in [5.74, 6) is 1.07. The second kappa shape index (κ2) is 4.75. The van der Waals surface area contributed by atoms with Gasteiger partial charge in [-0.3, -0.25) is 0 Å². The zero-order valence-electron chi connectivity index (χ0n) is 9.17. The van der Waals surface area contributed by atoms with E-state index < -0.39 is 0 Å². The van der Waals surface area contributed by atoms with Gasteiger partial charge in [0.15, 0.2) is 0 Å². The van der Waals surface area contributed by atoms with E-state index in [1.807, 2.05) is 6.07 Å². The predicted molar refractivity (Wildman–Crippen MR) is 60.4 cm³/mol. The lowest BCUT2D eigenvalue weighted by atomic mass is 9.83. The van der Waals surface area contributed by atoms with Crippen molar-refractivity contribution in [1.29, 1.82) is 0 Å². The number of benzene rings is 1. The molecule has 1 heterocycles. The van der Waals surface area contributed by atoms with Crippen LogP contribution in [0.4, 0.5) is 4.39 Å². The van der Waals surface area contributed by atoms with E-state index in [2.05, 4.69) is 18.3 Å². The van der Waals surface area contributed by atoms with Gasteiger partial charge in [-0.1, -0.05) is 19.1 Å². The quantitative estimate of drug-likeness (QED) is 0.803. The summed E-state index contributed by atoms with van der Waals surface area (Å²) in [5, 5.41) is 3.38. The Morgan fingerprint density at radius 1 is 1.53 bits per heavy atom. The normalized spacial score (nSPS) is 22.9. The maximum Gasteiger partial charge on any atom is 0.123 e. The SMILES string of the molecule is CCC(c1cccc(F)c1)C1CCNC1. The fourth-order valence-corrected chi connectivity index (χ4v) is 2.60. The molecule has 0 spiro atoms. The molecule has 0 amide bonds. The largest absolute Gasteiger partial charge is 0.316 e. The van der Waals surface area contributed by atoms with E-state index in [0.717, 1.165) is 25.1 Å². The van der Waals surface area contributed by atoms with Crippen molar-refractivity contribution in [1.82, 2.24) is 5.32 Å². The van der Waals surface area contributed by atoms with Crippen LogP contribution in [0.1, 0.15) is 31.2 Å². The highest BCUT2D eigenvalue weighted by Crippen LogP contribution is 2.31. The second-order valence-electron chi connectivity index (χ2n) is 4.32. The molecule has 0 bridgehead atoms. The smallest absolute Gasteiger partial charge is 0.123 e. The fourth-order valence-electron chi connectivity index (χ4n) is 2.60. The molecular weight excluding hydrogens is 189 g/mol. The Labute approximate surface area is 90.7 Å². The molecule has 2 atom stereocenters. The third-order valence-electron chi connectivity index (χ3n) is 3.38. The molecule has 82 valence electrons. The minimum Gasteiger partial charge on any atom is -0.316 e. The average molecular weight is 207 g/mol. The first-order chi connectivity index (χ1) is 7.31. The minimum atomic E-state index is -0.114. The van der Waals surface area contributed by atoms with E-state index in [1.54, 1.807) is 6.07 Å². The first-order valence-corrected chi connectivity index (χ1v) is 5.77. The van der Waals surface area contributed by atoms with Crippen molar-refractivity contribution < 1.29 is 4.39 Å². The lowest BCUT2D eigenvalue weighted by Crippen LogP contribution is -2.16. The van der Waals surface area contributed by atoms with Crippen molar-refractivity contribution in [2.45, 2.75) is 25.7 Å². The minimum absolute atomic E-state index is 0.114. The molecule has 1 N–H and O–H groups in total. The predicted octanol–water partition coefficient (Wildman–Crippen LogP) is 2.93. The summed E-state index contributed by atoms with van der Waals surface area (Å²) in [4.78, 5) is 0. The molecule has 1 nitrogen and oxygen atoms in total. The Bertz CT molecular complexity index is 318. The summed E-state index contributed by atoms with van der Waals surface area (Å²) >= 11 is 0. The Kier molecular flexibility index (Phi) is 3.37. The second-order valence-corrected chi connectivity index (χ2v) is 4.32. The van der Waals surface area contributed by atoms with Gasteiger partial charge in [0, 0.05) is 0 Å². The van der Waals surface area contributed by atoms with E-state index >= 15 is 0 Å². The summed E-state index contributed by atoms with van der Waals surface area (Å²) in [6.07, 6.45) is 2.31. The van der Waals surface area contributed by atoms with Crippen molar-refractivity contribution in [3.8, 4) is 0 Å². The Morgan fingerprint density at radius 2 is 2.40 bits per heavy atom. The Morgan fingerprint density at radius 3 is 3.00 bits per heavy atom. The zero-order valence-corrected chi connectivity index (χ0v) is 9.17. The molecule has 0 radical (unpaired) electrons. The molecular formula is C13H18FN. The van der Waals surface area contributed by atoms with Crippen molar-refractivity contribution >= 4 is 0 Å². The van der Waals surface area contributed by atoms with Crippen molar-refractivity contribution in [2.75, 3.05) is 13.1 Å². The molecule has 0 saturated carbocycles. The summed E-state index contributed by atoms with van der Waals surface area (Å²) in [5.41, 5.74) is 1.16. The molecule has 1 aliphatic heterocycles. The van der Waals surface area contributed by atoms with Crippen LogP contribution in [0.3, 0.4) is 0 Å². The van der Waals surface area contributed by atoms with Gasteiger partial charge in [-0.15, -0.1) is 0 Å². The molecule has 1 aromatic carbocycles. The number of hydrogen-bond donors (Lipinski definition) is 1. The van der Waals surface area contributed by atoms with Gasteiger partial charge in [0.1, 0.15) is 5.82 Å². The Hall–Kier alpha value is -0.890. The van der Waals surface area contributed by atoms with E-state index in [9.17, 15) is 4.39 Å². The monoisotopic (exact) mass is 207 g/mol. The van der Waals surface area contributed by atoms with E-state index in [-0.39, 0.29) is 5.82 Å². The number of rotatable bonds is 3. The molecule has 2 unspecified atom stereocenters. The van der Waals surface area contributed by atoms with Crippen molar-refractivity contribution in [3.63, 3.8) is 0 Å². The molecule has 1 aromatic rings. The standard InChI is InChI=1S/C13H18FN/c1-2-13(11-6-7-15-9-11)10-4-3-5-12(14)8-10/h3-5,8,11,13,15H,2,6-7,9H2,1H3. The molecule has 15 heavy (non-hydrogen) atoms. The van der Waals surface area contributed by atoms with Gasteiger partial charge in [0.05, 0.1) is 0 Å². The highest BCUT2D eigenvalue weighted by atomic mass is 19.1. The number of halogens is 1. The topological polar surface area (TPSA) is 12.0 Å². The fraction of sp³-hybridized carbons (Fsp3) is 0.538. The zero-order chi connectivity index (χ0) is 10.7. The molecule has 0 aliphatic carbocycles. The molecule has 1 aliphatic rings. The highest BCUT2D eigenvalue weighted by Gasteiger charge is 2.24. The van der Waals surface area contributed by atoms with Crippen molar-refractivity contribution in [3.05, 3.63) is 35.6 Å². The van der Waals surface area contributed by atoms with Crippen LogP contribution in [0, 0.1) is 11.7 Å². The van der Waals surface area contributed by atoms with Gasteiger partial charge in [0.25, 0.3) is 0 Å². The molecule has 0 aromatic heterocycles. The van der Waals surface area contributed by atoms with Crippen LogP contribution in [0.15, 0.2) is 24.3 Å². The maximum atomic E-state index is 13.1. The van der Waals surface area contributed by atoms with Crippen LogP contribution in [0.2, 0.25) is 0 Å². The summed E-state index contributed by atoms with van der Waals surface area (Å²) in [6.45, 7) is 4.37. The lowest BCUT2D eigenvalue weighted by molar-refractivity contribution is 0.444. The lowest BCUT2D eigenvalue weighted by Gasteiger charge is -2.21. The Balaban J connectivity index is 2.18. The first-order valence-electron chi connectivity index (χ1n) is 5.77. The first kappa shape index (κ1) is 10.6. The van der Waals surface area contributed by atoms with E-state index in [1.165, 1.54) is 12.5 Å². The molecule has 2 heteroatoms. The van der Waals surface area contributed by atoms with E-state index in [4.69, 9.17) is 0 Å². The van der Waals surface area contributed by atoms with Gasteiger partial charge in [-0.05, 0) is 55.5 Å². The third kappa shape index (κ3) is 2.37. The van der Waals surface area contributed by atoms with E-state index in [0.29, 0.717) is 11.8 Å². The molecule has 1 fully saturated rings. The van der Waals surface area contributed by atoms with Gasteiger partial charge >= 0.3 is 0 Å². The highest BCUT2D eigenvalue weighted by molar-refractivity contribution is 5.21. The summed E-state index contributed by atoms with van der Waals surface area (Å²) in [6, 6.07) is 7.07. The summed E-state index contributed by atoms with van der Waals surface area (Å²) < 4.78 is 13.1.